The maximum absolute atomic E-state index is 10.5. The maximum Gasteiger partial charge on any atom is 0.335 e. The van der Waals surface area contributed by atoms with Crippen LogP contribution < -0.4 is 4.74 Å². The second kappa shape index (κ2) is 21.8. The molecule has 4 rings (SSSR count). The monoisotopic (exact) mass is 698 g/mol. The van der Waals surface area contributed by atoms with Crippen molar-refractivity contribution in [3.8, 4) is 5.75 Å². The molecule has 0 bridgehead atoms. The van der Waals surface area contributed by atoms with Crippen LogP contribution in [-0.4, -0.2) is 28.8 Å². The first-order valence-corrected chi connectivity index (χ1v) is 17.7. The highest BCUT2D eigenvalue weighted by molar-refractivity contribution is 5.94. The van der Waals surface area contributed by atoms with Crippen LogP contribution in [0.1, 0.15) is 156 Å². The molecule has 0 fully saturated rings. The van der Waals surface area contributed by atoms with Gasteiger partial charge in [0.1, 0.15) is 5.75 Å². The first-order valence-electron chi connectivity index (χ1n) is 17.7. The minimum atomic E-state index is -1.12. The summed E-state index contributed by atoms with van der Waals surface area (Å²) in [5, 5.41) is 17.2. The molecule has 4 aromatic rings. The summed E-state index contributed by atoms with van der Waals surface area (Å²) < 4.78 is 5.93. The Morgan fingerprint density at radius 2 is 0.824 bits per heavy atom. The third-order valence-electron chi connectivity index (χ3n) is 8.42. The Kier molecular flexibility index (Phi) is 19.9. The molecule has 4 aromatic carbocycles. The van der Waals surface area contributed by atoms with Crippen LogP contribution in [0.5, 0.6) is 5.75 Å². The molecule has 0 radical (unpaired) electrons. The number of hydrogen-bond acceptors (Lipinski definition) is 3. The number of carboxylic acids is 2. The van der Waals surface area contributed by atoms with Crippen LogP contribution in [0.25, 0.3) is 0 Å². The maximum atomic E-state index is 10.5. The first-order chi connectivity index (χ1) is 23.2. The van der Waals surface area contributed by atoms with Crippen LogP contribution in [0.3, 0.4) is 0 Å². The molecule has 0 aliphatic rings. The smallest absolute Gasteiger partial charge is 0.335 e. The Morgan fingerprint density at radius 3 is 1.08 bits per heavy atom. The standard InChI is InChI=1S/C17H28O.C10H14.C9H8O4.C9H12.CH4/c1-8-18-17-15(12(4)5)9-14(11(2)3)10-16(17)13(6)7;1-7-5-9(3)10(4)6-8(7)2;1-5-2-6(8(10)11)4-7(3-5)9(12)13;1-7-4-8(2)6-9(3)5-7;/h9-13H,8H2,1-7H3;5-6H,1-4H3;2-4H,1H3,(H,10,11)(H,12,13);4-6H,1-3H3;1H4. The summed E-state index contributed by atoms with van der Waals surface area (Å²) in [7, 11) is 0. The van der Waals surface area contributed by atoms with Crippen molar-refractivity contribution in [2.24, 2.45) is 0 Å². The lowest BCUT2D eigenvalue weighted by molar-refractivity contribution is 0.0696. The third kappa shape index (κ3) is 15.6. The molecule has 0 atom stereocenters. The van der Waals surface area contributed by atoms with Crippen molar-refractivity contribution in [2.75, 3.05) is 6.61 Å². The Bertz CT molecular complexity index is 1560. The molecule has 51 heavy (non-hydrogen) atoms. The number of benzene rings is 4. The number of ether oxygens (including phenoxy) is 1. The van der Waals surface area contributed by atoms with Crippen LogP contribution in [0.2, 0.25) is 0 Å². The first kappa shape index (κ1) is 46.6. The third-order valence-corrected chi connectivity index (χ3v) is 8.42. The van der Waals surface area contributed by atoms with E-state index in [1.807, 2.05) is 0 Å². The van der Waals surface area contributed by atoms with Gasteiger partial charge < -0.3 is 14.9 Å². The molecule has 280 valence electrons. The van der Waals surface area contributed by atoms with E-state index in [4.69, 9.17) is 14.9 Å². The van der Waals surface area contributed by atoms with E-state index in [2.05, 4.69) is 139 Å². The molecule has 0 saturated heterocycles. The zero-order valence-corrected chi connectivity index (χ0v) is 33.3. The average Bonchev–Trinajstić information content (AvgIpc) is 3.00. The second-order valence-electron chi connectivity index (χ2n) is 14.3. The number of carbonyl (C=O) groups is 2. The van der Waals surface area contributed by atoms with E-state index in [-0.39, 0.29) is 18.6 Å². The van der Waals surface area contributed by atoms with Gasteiger partial charge in [-0.1, -0.05) is 108 Å². The lowest BCUT2D eigenvalue weighted by Crippen LogP contribution is -2.06. The van der Waals surface area contributed by atoms with Gasteiger partial charge in [0.25, 0.3) is 0 Å². The van der Waals surface area contributed by atoms with Crippen molar-refractivity contribution in [3.05, 3.63) is 133 Å². The van der Waals surface area contributed by atoms with Gasteiger partial charge in [-0.15, -0.1) is 0 Å². The Morgan fingerprint density at radius 1 is 0.510 bits per heavy atom. The van der Waals surface area contributed by atoms with Gasteiger partial charge in [-0.05, 0) is 143 Å². The minimum Gasteiger partial charge on any atom is -0.493 e. The SMILES string of the molecule is C.CCOc1c(C(C)C)cc(C(C)C)cc1C(C)C.Cc1cc(C(=O)O)cc(C(=O)O)c1.Cc1cc(C)c(C)cc1C.Cc1cc(C)cc(C)c1. The Balaban J connectivity index is 0.000000673. The van der Waals surface area contributed by atoms with Crippen LogP contribution in [0, 0.1) is 55.4 Å². The van der Waals surface area contributed by atoms with Crippen LogP contribution in [0.15, 0.2) is 60.7 Å². The summed E-state index contributed by atoms with van der Waals surface area (Å²) in [6.45, 7) is 32.9. The molecule has 0 unspecified atom stereocenters. The van der Waals surface area contributed by atoms with Crippen molar-refractivity contribution in [2.45, 2.75) is 129 Å². The fraction of sp³-hybridized carbons (Fsp3) is 0.435. The van der Waals surface area contributed by atoms with Crippen LogP contribution in [0.4, 0.5) is 0 Å². The zero-order valence-electron chi connectivity index (χ0n) is 33.3. The molecular formula is C46H66O5. The molecule has 0 aliphatic heterocycles. The highest BCUT2D eigenvalue weighted by Crippen LogP contribution is 2.37. The van der Waals surface area contributed by atoms with E-state index in [9.17, 15) is 9.59 Å². The predicted octanol–water partition coefficient (Wildman–Crippen LogP) is 13.0. The van der Waals surface area contributed by atoms with Gasteiger partial charge in [0.2, 0.25) is 0 Å². The van der Waals surface area contributed by atoms with Gasteiger partial charge in [-0.3, -0.25) is 0 Å². The quantitative estimate of drug-likeness (QED) is 0.201. The Hall–Kier alpha value is -4.38. The van der Waals surface area contributed by atoms with Crippen molar-refractivity contribution in [3.63, 3.8) is 0 Å². The fourth-order valence-electron chi connectivity index (χ4n) is 5.54. The van der Waals surface area contributed by atoms with E-state index in [0.29, 0.717) is 23.3 Å². The number of aromatic carboxylic acids is 2. The van der Waals surface area contributed by atoms with Crippen LogP contribution >= 0.6 is 0 Å². The Labute approximate surface area is 310 Å². The van der Waals surface area contributed by atoms with Gasteiger partial charge in [-0.25, -0.2) is 9.59 Å². The average molecular weight is 699 g/mol. The molecule has 0 spiro atoms. The minimum absolute atomic E-state index is 0. The molecule has 0 saturated carbocycles. The normalized spacial score (nSPS) is 10.2. The summed E-state index contributed by atoms with van der Waals surface area (Å²) in [6, 6.07) is 19.7. The molecule has 0 aromatic heterocycles. The number of rotatable bonds is 7. The predicted molar refractivity (Wildman–Crippen MR) is 218 cm³/mol. The molecule has 0 heterocycles. The van der Waals surface area contributed by atoms with Gasteiger partial charge in [0, 0.05) is 0 Å². The van der Waals surface area contributed by atoms with Gasteiger partial charge >= 0.3 is 11.9 Å². The summed E-state index contributed by atoms with van der Waals surface area (Å²) >= 11 is 0. The summed E-state index contributed by atoms with van der Waals surface area (Å²) in [6.07, 6.45) is 0. The molecule has 0 aliphatic carbocycles. The number of carboxylic acid groups (broad SMARTS) is 2. The lowest BCUT2D eigenvalue weighted by atomic mass is 9.88. The van der Waals surface area contributed by atoms with Crippen molar-refractivity contribution in [1.82, 2.24) is 0 Å². The van der Waals surface area contributed by atoms with E-state index in [1.54, 1.807) is 6.92 Å². The van der Waals surface area contributed by atoms with Gasteiger partial charge in [-0.2, -0.15) is 0 Å². The lowest BCUT2D eigenvalue weighted by Gasteiger charge is -2.22. The largest absolute Gasteiger partial charge is 0.493 e. The molecular weight excluding hydrogens is 633 g/mol. The molecule has 5 nitrogen and oxygen atoms in total. The highest BCUT2D eigenvalue weighted by atomic mass is 16.5. The molecule has 5 heteroatoms. The summed E-state index contributed by atoms with van der Waals surface area (Å²) in [4.78, 5) is 21.1. The van der Waals surface area contributed by atoms with Gasteiger partial charge in [0.05, 0.1) is 17.7 Å². The number of hydrogen-bond donors (Lipinski definition) is 2. The fourth-order valence-corrected chi connectivity index (χ4v) is 5.54. The van der Waals surface area contributed by atoms with Crippen molar-refractivity contribution < 1.29 is 24.5 Å². The highest BCUT2D eigenvalue weighted by Gasteiger charge is 2.18. The topological polar surface area (TPSA) is 83.8 Å². The van der Waals surface area contributed by atoms with Gasteiger partial charge in [0.15, 0.2) is 0 Å². The zero-order chi connectivity index (χ0) is 38.5. The van der Waals surface area contributed by atoms with E-state index in [0.717, 1.165) is 18.4 Å². The second-order valence-corrected chi connectivity index (χ2v) is 14.3. The van der Waals surface area contributed by atoms with E-state index in [1.165, 1.54) is 67.8 Å². The van der Waals surface area contributed by atoms with Crippen molar-refractivity contribution in [1.29, 1.82) is 0 Å². The van der Waals surface area contributed by atoms with Crippen LogP contribution in [-0.2, 0) is 0 Å². The molecule has 2 N–H and O–H groups in total. The van der Waals surface area contributed by atoms with Crippen molar-refractivity contribution >= 4 is 11.9 Å². The van der Waals surface area contributed by atoms with E-state index < -0.39 is 11.9 Å². The molecule has 0 amide bonds. The summed E-state index contributed by atoms with van der Waals surface area (Å²) in [5.74, 6) is 0.450. The van der Waals surface area contributed by atoms with E-state index >= 15 is 0 Å². The number of aryl methyl sites for hydroxylation is 8. The summed E-state index contributed by atoms with van der Waals surface area (Å²) in [5.41, 5.74) is 14.4.